The van der Waals surface area contributed by atoms with Crippen LogP contribution in [0.2, 0.25) is 0 Å². The third kappa shape index (κ3) is 2.02. The third-order valence-electron chi connectivity index (χ3n) is 1.36. The fourth-order valence-electron chi connectivity index (χ4n) is 0.832. The SMILES string of the molecule is O=CNc1cccc(C(F)F)c1. The van der Waals surface area contributed by atoms with Crippen LogP contribution in [0.1, 0.15) is 12.0 Å². The molecule has 0 aromatic heterocycles. The summed E-state index contributed by atoms with van der Waals surface area (Å²) in [5.74, 6) is 0. The molecule has 0 heterocycles. The third-order valence-corrected chi connectivity index (χ3v) is 1.36. The van der Waals surface area contributed by atoms with Gasteiger partial charge in [-0.2, -0.15) is 0 Å². The highest BCUT2D eigenvalue weighted by Crippen LogP contribution is 2.21. The lowest BCUT2D eigenvalue weighted by Crippen LogP contribution is -1.94. The Hall–Kier alpha value is -1.45. The van der Waals surface area contributed by atoms with Gasteiger partial charge >= 0.3 is 0 Å². The number of hydrogen-bond donors (Lipinski definition) is 1. The Morgan fingerprint density at radius 2 is 2.17 bits per heavy atom. The van der Waals surface area contributed by atoms with Gasteiger partial charge in [0.05, 0.1) is 0 Å². The molecule has 0 aliphatic rings. The molecule has 1 aromatic rings. The topological polar surface area (TPSA) is 29.1 Å². The van der Waals surface area contributed by atoms with Crippen LogP contribution in [0, 0.1) is 0 Å². The van der Waals surface area contributed by atoms with Crippen LogP contribution in [0.15, 0.2) is 24.3 Å². The first-order chi connectivity index (χ1) is 5.74. The molecule has 1 aromatic carbocycles. The van der Waals surface area contributed by atoms with Crippen molar-refractivity contribution < 1.29 is 13.6 Å². The van der Waals surface area contributed by atoms with Crippen LogP contribution in [0.25, 0.3) is 0 Å². The Bertz CT molecular complexity index is 276. The fraction of sp³-hybridized carbons (Fsp3) is 0.125. The van der Waals surface area contributed by atoms with Crippen molar-refractivity contribution in [3.8, 4) is 0 Å². The van der Waals surface area contributed by atoms with Crippen molar-refractivity contribution >= 4 is 12.1 Å². The van der Waals surface area contributed by atoms with E-state index < -0.39 is 6.43 Å². The number of alkyl halides is 2. The normalized spacial score (nSPS) is 9.92. The van der Waals surface area contributed by atoms with Crippen molar-refractivity contribution in [2.45, 2.75) is 6.43 Å². The van der Waals surface area contributed by atoms with Crippen LogP contribution in [0.3, 0.4) is 0 Å². The maximum Gasteiger partial charge on any atom is 0.263 e. The van der Waals surface area contributed by atoms with E-state index in [0.29, 0.717) is 12.1 Å². The van der Waals surface area contributed by atoms with Gasteiger partial charge in [-0.3, -0.25) is 4.79 Å². The summed E-state index contributed by atoms with van der Waals surface area (Å²) in [4.78, 5) is 9.96. The lowest BCUT2D eigenvalue weighted by molar-refractivity contribution is -0.105. The van der Waals surface area contributed by atoms with Crippen LogP contribution >= 0.6 is 0 Å². The minimum Gasteiger partial charge on any atom is -0.329 e. The minimum absolute atomic E-state index is 0.0955. The summed E-state index contributed by atoms with van der Waals surface area (Å²) in [5, 5.41) is 2.29. The largest absolute Gasteiger partial charge is 0.329 e. The monoisotopic (exact) mass is 171 g/mol. The molecule has 0 aliphatic carbocycles. The molecule has 0 radical (unpaired) electrons. The number of anilines is 1. The van der Waals surface area contributed by atoms with Crippen molar-refractivity contribution in [2.75, 3.05) is 5.32 Å². The van der Waals surface area contributed by atoms with Gasteiger partial charge in [0.25, 0.3) is 6.43 Å². The predicted octanol–water partition coefficient (Wildman–Crippen LogP) is 2.19. The smallest absolute Gasteiger partial charge is 0.263 e. The van der Waals surface area contributed by atoms with Gasteiger partial charge in [-0.15, -0.1) is 0 Å². The lowest BCUT2D eigenvalue weighted by atomic mass is 10.2. The van der Waals surface area contributed by atoms with Crippen LogP contribution in [-0.4, -0.2) is 6.41 Å². The number of carbonyl (C=O) groups is 1. The number of halogens is 2. The summed E-state index contributed by atoms with van der Waals surface area (Å²) in [7, 11) is 0. The van der Waals surface area contributed by atoms with Gasteiger partial charge in [-0.05, 0) is 12.1 Å². The molecule has 0 spiro atoms. The van der Waals surface area contributed by atoms with Gasteiger partial charge in [0.1, 0.15) is 0 Å². The highest BCUT2D eigenvalue weighted by Gasteiger charge is 2.05. The van der Waals surface area contributed by atoms with E-state index in [9.17, 15) is 13.6 Å². The van der Waals surface area contributed by atoms with Gasteiger partial charge in [0, 0.05) is 11.3 Å². The molecular formula is C8H7F2NO. The highest BCUT2D eigenvalue weighted by molar-refractivity contribution is 5.71. The highest BCUT2D eigenvalue weighted by atomic mass is 19.3. The first-order valence-corrected chi connectivity index (χ1v) is 3.32. The van der Waals surface area contributed by atoms with Gasteiger partial charge < -0.3 is 5.32 Å². The molecule has 1 rings (SSSR count). The van der Waals surface area contributed by atoms with E-state index in [1.165, 1.54) is 18.2 Å². The summed E-state index contributed by atoms with van der Waals surface area (Å²) in [6.45, 7) is 0. The molecule has 64 valence electrons. The maximum atomic E-state index is 12.1. The summed E-state index contributed by atoms with van der Waals surface area (Å²) in [6, 6.07) is 5.55. The maximum absolute atomic E-state index is 12.1. The molecule has 1 amide bonds. The van der Waals surface area contributed by atoms with Crippen molar-refractivity contribution in [3.63, 3.8) is 0 Å². The standard InChI is InChI=1S/C8H7F2NO/c9-8(10)6-2-1-3-7(4-6)11-5-12/h1-5,8H,(H,11,12). The average molecular weight is 171 g/mol. The zero-order valence-electron chi connectivity index (χ0n) is 6.13. The predicted molar refractivity (Wildman–Crippen MR) is 41.1 cm³/mol. The van der Waals surface area contributed by atoms with Crippen molar-refractivity contribution in [1.82, 2.24) is 0 Å². The first kappa shape index (κ1) is 8.64. The average Bonchev–Trinajstić information content (AvgIpc) is 2.05. The minimum atomic E-state index is -2.50. The second kappa shape index (κ2) is 3.80. The number of nitrogens with one attached hydrogen (secondary N) is 1. The van der Waals surface area contributed by atoms with E-state index in [-0.39, 0.29) is 5.56 Å². The van der Waals surface area contributed by atoms with Crippen molar-refractivity contribution in [2.24, 2.45) is 0 Å². The molecule has 1 N–H and O–H groups in total. The molecule has 2 nitrogen and oxygen atoms in total. The van der Waals surface area contributed by atoms with Crippen molar-refractivity contribution in [3.05, 3.63) is 29.8 Å². The molecule has 0 saturated heterocycles. The van der Waals surface area contributed by atoms with E-state index in [1.807, 2.05) is 0 Å². The Kier molecular flexibility index (Phi) is 2.74. The number of carbonyl (C=O) groups excluding carboxylic acids is 1. The van der Waals surface area contributed by atoms with Gasteiger partial charge in [0.15, 0.2) is 0 Å². The first-order valence-electron chi connectivity index (χ1n) is 3.32. The zero-order valence-corrected chi connectivity index (χ0v) is 6.13. The summed E-state index contributed by atoms with van der Waals surface area (Å²) in [5.41, 5.74) is 0.282. The lowest BCUT2D eigenvalue weighted by Gasteiger charge is -2.01. The van der Waals surface area contributed by atoms with E-state index in [0.717, 1.165) is 0 Å². The van der Waals surface area contributed by atoms with Gasteiger partial charge in [-0.1, -0.05) is 12.1 Å². The molecule has 0 bridgehead atoms. The van der Waals surface area contributed by atoms with Crippen LogP contribution < -0.4 is 5.32 Å². The molecule has 0 atom stereocenters. The fourth-order valence-corrected chi connectivity index (χ4v) is 0.832. The molecule has 0 fully saturated rings. The van der Waals surface area contributed by atoms with E-state index in [2.05, 4.69) is 5.32 Å². The zero-order chi connectivity index (χ0) is 8.97. The molecule has 0 saturated carbocycles. The Morgan fingerprint density at radius 1 is 1.42 bits per heavy atom. The number of amides is 1. The number of benzene rings is 1. The van der Waals surface area contributed by atoms with Gasteiger partial charge in [-0.25, -0.2) is 8.78 Å². The second-order valence-corrected chi connectivity index (χ2v) is 2.19. The van der Waals surface area contributed by atoms with E-state index in [1.54, 1.807) is 6.07 Å². The molecule has 0 aliphatic heterocycles. The molecular weight excluding hydrogens is 164 g/mol. The summed E-state index contributed by atoms with van der Waals surface area (Å²) >= 11 is 0. The van der Waals surface area contributed by atoms with Crippen molar-refractivity contribution in [1.29, 1.82) is 0 Å². The Balaban J connectivity index is 2.87. The van der Waals surface area contributed by atoms with E-state index in [4.69, 9.17) is 0 Å². The second-order valence-electron chi connectivity index (χ2n) is 2.19. The van der Waals surface area contributed by atoms with Crippen LogP contribution in [-0.2, 0) is 4.79 Å². The molecule has 12 heavy (non-hydrogen) atoms. The summed E-state index contributed by atoms with van der Waals surface area (Å²) < 4.78 is 24.1. The van der Waals surface area contributed by atoms with Gasteiger partial charge in [0.2, 0.25) is 6.41 Å². The van der Waals surface area contributed by atoms with E-state index >= 15 is 0 Å². The quantitative estimate of drug-likeness (QED) is 0.694. The molecule has 4 heteroatoms. The Labute approximate surface area is 68.2 Å². The number of hydrogen-bond acceptors (Lipinski definition) is 1. The molecule has 0 unspecified atom stereocenters. The van der Waals surface area contributed by atoms with Crippen LogP contribution in [0.4, 0.5) is 14.5 Å². The van der Waals surface area contributed by atoms with Crippen LogP contribution in [0.5, 0.6) is 0 Å². The Morgan fingerprint density at radius 3 is 2.75 bits per heavy atom. The summed E-state index contributed by atoms with van der Waals surface area (Å²) in [6.07, 6.45) is -2.05. The number of rotatable bonds is 3.